The zero-order valence-corrected chi connectivity index (χ0v) is 22.8. The van der Waals surface area contributed by atoms with Crippen LogP contribution in [0.25, 0.3) is 0 Å². The van der Waals surface area contributed by atoms with Crippen molar-refractivity contribution in [3.8, 4) is 5.75 Å². The first-order chi connectivity index (χ1) is 17.1. The molecule has 1 saturated heterocycles. The Morgan fingerprint density at radius 2 is 1.69 bits per heavy atom. The van der Waals surface area contributed by atoms with Crippen molar-refractivity contribution in [1.29, 1.82) is 0 Å². The molecule has 8 heteroatoms. The summed E-state index contributed by atoms with van der Waals surface area (Å²) in [7, 11) is 1.57. The molecule has 1 aromatic rings. The Morgan fingerprint density at radius 3 is 2.25 bits per heavy atom. The molecule has 202 valence electrons. The molecule has 36 heavy (non-hydrogen) atoms. The van der Waals surface area contributed by atoms with Gasteiger partial charge in [-0.05, 0) is 77.6 Å². The molecular formula is C28H44N2O6. The molecule has 1 aliphatic carbocycles. The molecule has 1 aliphatic heterocycles. The summed E-state index contributed by atoms with van der Waals surface area (Å²) in [6, 6.07) is 8.12. The first-order valence-corrected chi connectivity index (χ1v) is 13.2. The fraction of sp³-hybridized carbons (Fsp3) is 0.714. The van der Waals surface area contributed by atoms with E-state index in [0.29, 0.717) is 30.2 Å². The third-order valence-corrected chi connectivity index (χ3v) is 6.85. The maximum Gasteiger partial charge on any atom is 0.410 e. The number of methoxy groups -OCH3 is 1. The predicted octanol–water partition coefficient (Wildman–Crippen LogP) is 4.76. The molecule has 2 aliphatic rings. The van der Waals surface area contributed by atoms with Crippen LogP contribution in [0.4, 0.5) is 4.79 Å². The topological polar surface area (TPSA) is 77.5 Å². The molecule has 2 fully saturated rings. The van der Waals surface area contributed by atoms with Crippen molar-refractivity contribution in [2.24, 2.45) is 5.92 Å². The van der Waals surface area contributed by atoms with Crippen LogP contribution < -0.4 is 4.74 Å². The van der Waals surface area contributed by atoms with Crippen molar-refractivity contribution in [1.82, 2.24) is 9.80 Å². The number of benzene rings is 1. The minimum absolute atomic E-state index is 0.185. The summed E-state index contributed by atoms with van der Waals surface area (Å²) < 4.78 is 21.7. The molecule has 1 heterocycles. The van der Waals surface area contributed by atoms with E-state index in [1.165, 1.54) is 0 Å². The quantitative estimate of drug-likeness (QED) is 0.336. The summed E-state index contributed by atoms with van der Waals surface area (Å²) >= 11 is 0. The summed E-state index contributed by atoms with van der Waals surface area (Å²) in [6.07, 6.45) is 4.00. The first-order valence-electron chi connectivity index (χ1n) is 13.2. The van der Waals surface area contributed by atoms with Crippen LogP contribution >= 0.6 is 0 Å². The van der Waals surface area contributed by atoms with Crippen molar-refractivity contribution >= 4 is 12.1 Å². The zero-order chi connectivity index (χ0) is 26.3. The van der Waals surface area contributed by atoms with Crippen LogP contribution in [-0.2, 0) is 14.2 Å². The van der Waals surface area contributed by atoms with Crippen LogP contribution in [0.3, 0.4) is 0 Å². The lowest BCUT2D eigenvalue weighted by atomic mass is 9.85. The minimum atomic E-state index is -0.455. The Kier molecular flexibility index (Phi) is 10.0. The molecule has 0 bridgehead atoms. The fourth-order valence-electron chi connectivity index (χ4n) is 4.77. The molecule has 0 radical (unpaired) electrons. The second-order valence-corrected chi connectivity index (χ2v) is 11.2. The molecule has 0 N–H and O–H groups in total. The van der Waals surface area contributed by atoms with Crippen molar-refractivity contribution in [2.45, 2.75) is 84.1 Å². The molecule has 1 amide bonds. The molecule has 3 rings (SSSR count). The van der Waals surface area contributed by atoms with Gasteiger partial charge in [-0.2, -0.15) is 0 Å². The summed E-state index contributed by atoms with van der Waals surface area (Å²) in [5.41, 5.74) is 0.0528. The molecule has 1 saturated carbocycles. The van der Waals surface area contributed by atoms with Crippen molar-refractivity contribution < 1.29 is 28.5 Å². The highest BCUT2D eigenvalue weighted by Gasteiger charge is 2.38. The van der Waals surface area contributed by atoms with E-state index in [1.54, 1.807) is 19.2 Å². The number of esters is 1. The third-order valence-electron chi connectivity index (χ3n) is 6.85. The highest BCUT2D eigenvalue weighted by atomic mass is 16.6. The number of carbonyl (C=O) groups is 2. The summed E-state index contributed by atoms with van der Waals surface area (Å²) in [5.74, 6) is 1.01. The molecule has 0 unspecified atom stereocenters. The van der Waals surface area contributed by atoms with Crippen LogP contribution in [0.2, 0.25) is 0 Å². The number of piperidine rings is 1. The average molecular weight is 505 g/mol. The van der Waals surface area contributed by atoms with Crippen LogP contribution in [0.1, 0.15) is 70.7 Å². The summed E-state index contributed by atoms with van der Waals surface area (Å²) in [5, 5.41) is 0. The fourth-order valence-corrected chi connectivity index (χ4v) is 4.77. The van der Waals surface area contributed by atoms with Gasteiger partial charge in [-0.15, -0.1) is 0 Å². The van der Waals surface area contributed by atoms with Gasteiger partial charge in [0.1, 0.15) is 24.1 Å². The lowest BCUT2D eigenvalue weighted by Crippen LogP contribution is -2.54. The largest absolute Gasteiger partial charge is 0.490 e. The SMILES string of the molecule is COCCOC(=O)c1ccc(OC2CC(N(CC3CCN(C(=O)OC(C)(C)C)CC3)C(C)C)C2)cc1. The van der Waals surface area contributed by atoms with Gasteiger partial charge in [-0.25, -0.2) is 9.59 Å². The maximum absolute atomic E-state index is 12.4. The first kappa shape index (κ1) is 28.3. The third kappa shape index (κ3) is 8.37. The highest BCUT2D eigenvalue weighted by molar-refractivity contribution is 5.89. The standard InChI is InChI=1S/C28H44N2O6/c1-20(2)30(19-21-11-13-29(14-12-21)27(32)36-28(3,4)5)23-17-25(18-23)35-24-9-7-22(8-10-24)26(31)34-16-15-33-6/h7-10,20-21,23,25H,11-19H2,1-6H3. The lowest BCUT2D eigenvalue weighted by Gasteiger charge is -2.46. The summed E-state index contributed by atoms with van der Waals surface area (Å²) in [4.78, 5) is 28.8. The number of rotatable bonds is 10. The van der Waals surface area contributed by atoms with Crippen molar-refractivity contribution in [3.05, 3.63) is 29.8 Å². The Labute approximate surface area is 216 Å². The number of hydrogen-bond acceptors (Lipinski definition) is 7. The van der Waals surface area contributed by atoms with Gasteiger partial charge in [0, 0.05) is 51.7 Å². The van der Waals surface area contributed by atoms with E-state index in [9.17, 15) is 9.59 Å². The Morgan fingerprint density at radius 1 is 1.06 bits per heavy atom. The number of hydrogen-bond donors (Lipinski definition) is 0. The smallest absolute Gasteiger partial charge is 0.410 e. The number of likely N-dealkylation sites (tertiary alicyclic amines) is 1. The van der Waals surface area contributed by atoms with Gasteiger partial charge >= 0.3 is 12.1 Å². The van der Waals surface area contributed by atoms with Gasteiger partial charge in [-0.1, -0.05) is 0 Å². The number of carbonyl (C=O) groups excluding carboxylic acids is 2. The van der Waals surface area contributed by atoms with Gasteiger partial charge in [0.2, 0.25) is 0 Å². The van der Waals surface area contributed by atoms with Crippen LogP contribution in [0.15, 0.2) is 24.3 Å². The molecule has 0 spiro atoms. The monoisotopic (exact) mass is 504 g/mol. The van der Waals surface area contributed by atoms with Crippen molar-refractivity contribution in [3.63, 3.8) is 0 Å². The minimum Gasteiger partial charge on any atom is -0.490 e. The Hall–Kier alpha value is -2.32. The van der Waals surface area contributed by atoms with Crippen molar-refractivity contribution in [2.75, 3.05) is 40.0 Å². The molecule has 1 aromatic carbocycles. The molecule has 0 atom stereocenters. The second kappa shape index (κ2) is 12.8. The Balaban J connectivity index is 1.41. The van der Waals surface area contributed by atoms with Crippen LogP contribution in [-0.4, -0.2) is 85.6 Å². The second-order valence-electron chi connectivity index (χ2n) is 11.2. The van der Waals surface area contributed by atoms with E-state index in [0.717, 1.165) is 51.1 Å². The Bertz CT molecular complexity index is 837. The van der Waals surface area contributed by atoms with E-state index in [2.05, 4.69) is 18.7 Å². The van der Waals surface area contributed by atoms with Gasteiger partial charge in [0.05, 0.1) is 12.2 Å². The molecule has 0 aromatic heterocycles. The lowest BCUT2D eigenvalue weighted by molar-refractivity contribution is -0.0134. The van der Waals surface area contributed by atoms with Crippen LogP contribution in [0, 0.1) is 5.92 Å². The highest BCUT2D eigenvalue weighted by Crippen LogP contribution is 2.33. The number of amides is 1. The maximum atomic E-state index is 12.4. The van der Waals surface area contributed by atoms with Gasteiger partial charge in [0.15, 0.2) is 0 Å². The van der Waals surface area contributed by atoms with E-state index in [1.807, 2.05) is 37.8 Å². The molecular weight excluding hydrogens is 460 g/mol. The number of nitrogens with zero attached hydrogens (tertiary/aromatic N) is 2. The van der Waals surface area contributed by atoms with Gasteiger partial charge in [-0.3, -0.25) is 4.90 Å². The van der Waals surface area contributed by atoms with E-state index < -0.39 is 5.60 Å². The number of ether oxygens (including phenoxy) is 4. The van der Waals surface area contributed by atoms with Gasteiger partial charge in [0.25, 0.3) is 0 Å². The van der Waals surface area contributed by atoms with Crippen LogP contribution in [0.5, 0.6) is 5.75 Å². The van der Waals surface area contributed by atoms with Gasteiger partial charge < -0.3 is 23.8 Å². The normalized spacial score (nSPS) is 20.8. The predicted molar refractivity (Wildman–Crippen MR) is 138 cm³/mol. The summed E-state index contributed by atoms with van der Waals surface area (Å²) in [6.45, 7) is 13.4. The van der Waals surface area contributed by atoms with E-state index in [-0.39, 0.29) is 24.8 Å². The zero-order valence-electron chi connectivity index (χ0n) is 22.8. The van der Waals surface area contributed by atoms with E-state index in [4.69, 9.17) is 18.9 Å². The average Bonchev–Trinajstić information content (AvgIpc) is 2.79. The molecule has 8 nitrogen and oxygen atoms in total. The van der Waals surface area contributed by atoms with E-state index >= 15 is 0 Å².